The number of rotatable bonds is 16. The Bertz CT molecular complexity index is 1190. The Labute approximate surface area is 245 Å². The van der Waals surface area contributed by atoms with Crippen LogP contribution < -0.4 is 21.7 Å². The Hall–Kier alpha value is -4.26. The molecule has 0 spiro atoms. The van der Waals surface area contributed by atoms with E-state index in [0.29, 0.717) is 37.9 Å². The van der Waals surface area contributed by atoms with Gasteiger partial charge in [0.2, 0.25) is 30.0 Å². The molecule has 0 saturated carbocycles. The zero-order chi connectivity index (χ0) is 30.6. The number of carbonyl (C=O) groups excluding carboxylic acids is 5. The number of aromatic nitrogens is 2. The van der Waals surface area contributed by atoms with Crippen LogP contribution in [0.4, 0.5) is 0 Å². The zero-order valence-electron chi connectivity index (χ0n) is 24.0. The molecule has 1 aliphatic heterocycles. The van der Waals surface area contributed by atoms with Crippen LogP contribution in [0.2, 0.25) is 0 Å². The number of hydrogen-bond donors (Lipinski definition) is 6. The number of imidazole rings is 1. The summed E-state index contributed by atoms with van der Waals surface area (Å²) in [6, 6.07) is 5.50. The van der Waals surface area contributed by atoms with Gasteiger partial charge in [-0.2, -0.15) is 0 Å². The fourth-order valence-electron chi connectivity index (χ4n) is 5.07. The predicted molar refractivity (Wildman–Crippen MR) is 153 cm³/mol. The van der Waals surface area contributed by atoms with Crippen LogP contribution in [-0.4, -0.2) is 86.8 Å². The summed E-state index contributed by atoms with van der Waals surface area (Å²) in [4.78, 5) is 71.6. The lowest BCUT2D eigenvalue weighted by Gasteiger charge is -2.29. The number of aromatic amines is 1. The van der Waals surface area contributed by atoms with Gasteiger partial charge in [0, 0.05) is 31.3 Å². The number of hydrogen-bond acceptors (Lipinski definition) is 7. The minimum Gasteiger partial charge on any atom is -0.390 e. The number of benzene rings is 1. The van der Waals surface area contributed by atoms with Crippen molar-refractivity contribution in [2.24, 2.45) is 11.7 Å². The third-order valence-corrected chi connectivity index (χ3v) is 7.19. The number of H-pyrrole nitrogens is 1. The second-order valence-electron chi connectivity index (χ2n) is 11.1. The highest BCUT2D eigenvalue weighted by atomic mass is 16.3. The Morgan fingerprint density at radius 2 is 1.79 bits per heavy atom. The molecular weight excluding hydrogens is 542 g/mol. The largest absolute Gasteiger partial charge is 0.390 e. The third-order valence-electron chi connectivity index (χ3n) is 7.19. The van der Waals surface area contributed by atoms with Gasteiger partial charge >= 0.3 is 0 Å². The molecule has 2 heterocycles. The fraction of sp³-hybridized carbons (Fsp3) is 0.517. The molecular formula is C29H41N7O6. The Morgan fingerprint density at radius 3 is 2.40 bits per heavy atom. The average molecular weight is 584 g/mol. The number of nitrogens with two attached hydrogens (primary N) is 1. The Kier molecular flexibility index (Phi) is 12.0. The van der Waals surface area contributed by atoms with Gasteiger partial charge in [-0.25, -0.2) is 4.98 Å². The van der Waals surface area contributed by atoms with E-state index >= 15 is 0 Å². The SMILES string of the molecule is CC(C)CC(NC(=O)[C@H](Cc1cnc[nH]1)NC(=O)[C@H](Cc1ccccc1)NC(=O)[C@@H]1CCCN1C=O)C(O)CC(N)=O. The van der Waals surface area contributed by atoms with E-state index in [1.54, 1.807) is 0 Å². The van der Waals surface area contributed by atoms with Crippen molar-refractivity contribution in [1.29, 1.82) is 0 Å². The molecule has 1 aromatic carbocycles. The lowest BCUT2D eigenvalue weighted by Crippen LogP contribution is -2.58. The number of nitrogens with zero attached hydrogens (tertiary/aromatic N) is 2. The summed E-state index contributed by atoms with van der Waals surface area (Å²) in [6.45, 7) is 4.28. The number of nitrogens with one attached hydrogen (secondary N) is 4. The van der Waals surface area contributed by atoms with Crippen molar-refractivity contribution in [3.63, 3.8) is 0 Å². The van der Waals surface area contributed by atoms with Gasteiger partial charge in [0.1, 0.15) is 18.1 Å². The van der Waals surface area contributed by atoms with E-state index in [2.05, 4.69) is 25.9 Å². The number of aliphatic hydroxyl groups is 1. The molecule has 5 amide bonds. The maximum atomic E-state index is 13.7. The molecule has 2 aromatic rings. The van der Waals surface area contributed by atoms with Gasteiger partial charge in [-0.15, -0.1) is 0 Å². The first kappa shape index (κ1) is 32.3. The van der Waals surface area contributed by atoms with E-state index in [0.717, 1.165) is 5.56 Å². The minimum atomic E-state index is -1.21. The third kappa shape index (κ3) is 9.68. The Balaban J connectivity index is 1.82. The second kappa shape index (κ2) is 15.7. The van der Waals surface area contributed by atoms with E-state index in [-0.39, 0.29) is 25.2 Å². The molecule has 5 atom stereocenters. The summed E-state index contributed by atoms with van der Waals surface area (Å²) in [6.07, 6.45) is 3.79. The summed E-state index contributed by atoms with van der Waals surface area (Å²) in [7, 11) is 0. The molecule has 3 rings (SSSR count). The monoisotopic (exact) mass is 583 g/mol. The molecule has 13 heteroatoms. The predicted octanol–water partition coefficient (Wildman–Crippen LogP) is -0.447. The molecule has 1 fully saturated rings. The van der Waals surface area contributed by atoms with Crippen molar-refractivity contribution < 1.29 is 29.1 Å². The number of likely N-dealkylation sites (tertiary alicyclic amines) is 1. The molecule has 1 saturated heterocycles. The zero-order valence-corrected chi connectivity index (χ0v) is 24.0. The summed E-state index contributed by atoms with van der Waals surface area (Å²) in [5.41, 5.74) is 6.63. The van der Waals surface area contributed by atoms with Crippen molar-refractivity contribution in [2.45, 2.75) is 82.6 Å². The van der Waals surface area contributed by atoms with Crippen LogP contribution in [0.1, 0.15) is 50.8 Å². The molecule has 2 unspecified atom stereocenters. The van der Waals surface area contributed by atoms with Gasteiger partial charge in [0.05, 0.1) is 24.9 Å². The van der Waals surface area contributed by atoms with E-state index in [1.165, 1.54) is 17.4 Å². The number of aliphatic hydroxyl groups excluding tert-OH is 1. The smallest absolute Gasteiger partial charge is 0.243 e. The normalized spacial score (nSPS) is 17.6. The summed E-state index contributed by atoms with van der Waals surface area (Å²) in [5, 5.41) is 18.9. The van der Waals surface area contributed by atoms with Crippen LogP contribution in [0.25, 0.3) is 0 Å². The lowest BCUT2D eigenvalue weighted by atomic mass is 9.96. The molecule has 1 aromatic heterocycles. The van der Waals surface area contributed by atoms with Gasteiger partial charge in [-0.1, -0.05) is 44.2 Å². The lowest BCUT2D eigenvalue weighted by molar-refractivity contribution is -0.135. The number of primary amides is 1. The van der Waals surface area contributed by atoms with Crippen molar-refractivity contribution in [3.8, 4) is 0 Å². The first-order chi connectivity index (χ1) is 20.1. The van der Waals surface area contributed by atoms with E-state index in [4.69, 9.17) is 5.73 Å². The van der Waals surface area contributed by atoms with Crippen molar-refractivity contribution in [1.82, 2.24) is 30.8 Å². The quantitative estimate of drug-likeness (QED) is 0.144. The van der Waals surface area contributed by atoms with Crippen LogP contribution >= 0.6 is 0 Å². The fourth-order valence-corrected chi connectivity index (χ4v) is 5.07. The standard InChI is InChI=1S/C29H41N7O6/c1-18(2)11-21(25(38)14-26(30)39)33-28(41)23(13-20-15-31-16-32-20)34-27(40)22(12-19-7-4-3-5-8-19)35-29(42)24-9-6-10-36(24)17-37/h3-5,7-8,15-18,21-25,38H,6,9-14H2,1-2H3,(H2,30,39)(H,31,32)(H,33,41)(H,34,40)(H,35,42)/t21?,22-,23-,24-,25?/m0/s1. The summed E-state index contributed by atoms with van der Waals surface area (Å²) in [5.74, 6) is -2.26. The van der Waals surface area contributed by atoms with Crippen molar-refractivity contribution >= 4 is 30.0 Å². The topological polar surface area (TPSA) is 200 Å². The molecule has 1 aliphatic rings. The van der Waals surface area contributed by atoms with Crippen LogP contribution in [0.3, 0.4) is 0 Å². The highest BCUT2D eigenvalue weighted by molar-refractivity contribution is 5.94. The summed E-state index contributed by atoms with van der Waals surface area (Å²) >= 11 is 0. The molecule has 13 nitrogen and oxygen atoms in total. The Morgan fingerprint density at radius 1 is 1.10 bits per heavy atom. The van der Waals surface area contributed by atoms with Gasteiger partial charge < -0.3 is 36.7 Å². The number of amides is 5. The first-order valence-corrected chi connectivity index (χ1v) is 14.2. The van der Waals surface area contributed by atoms with Gasteiger partial charge in [-0.05, 0) is 30.7 Å². The van der Waals surface area contributed by atoms with E-state index < -0.39 is 53.9 Å². The molecule has 0 bridgehead atoms. The van der Waals surface area contributed by atoms with E-state index in [1.807, 2.05) is 44.2 Å². The van der Waals surface area contributed by atoms with Crippen LogP contribution in [0.15, 0.2) is 42.9 Å². The maximum Gasteiger partial charge on any atom is 0.243 e. The van der Waals surface area contributed by atoms with Crippen LogP contribution in [0, 0.1) is 5.92 Å². The van der Waals surface area contributed by atoms with Crippen LogP contribution in [-0.2, 0) is 36.8 Å². The minimum absolute atomic E-state index is 0.0471. The van der Waals surface area contributed by atoms with Gasteiger partial charge in [0.25, 0.3) is 0 Å². The van der Waals surface area contributed by atoms with Crippen molar-refractivity contribution in [2.75, 3.05) is 6.54 Å². The highest BCUT2D eigenvalue weighted by Crippen LogP contribution is 2.16. The summed E-state index contributed by atoms with van der Waals surface area (Å²) < 4.78 is 0. The van der Waals surface area contributed by atoms with E-state index in [9.17, 15) is 29.1 Å². The highest BCUT2D eigenvalue weighted by Gasteiger charge is 2.34. The molecule has 7 N–H and O–H groups in total. The second-order valence-corrected chi connectivity index (χ2v) is 11.1. The maximum absolute atomic E-state index is 13.7. The molecule has 0 radical (unpaired) electrons. The molecule has 42 heavy (non-hydrogen) atoms. The number of carbonyl (C=O) groups is 5. The van der Waals surface area contributed by atoms with Crippen LogP contribution in [0.5, 0.6) is 0 Å². The molecule has 228 valence electrons. The first-order valence-electron chi connectivity index (χ1n) is 14.2. The van der Waals surface area contributed by atoms with Gasteiger partial charge in [-0.3, -0.25) is 24.0 Å². The van der Waals surface area contributed by atoms with Gasteiger partial charge in [0.15, 0.2) is 0 Å². The molecule has 0 aliphatic carbocycles. The van der Waals surface area contributed by atoms with Crippen molar-refractivity contribution in [3.05, 3.63) is 54.1 Å². The average Bonchev–Trinajstić information content (AvgIpc) is 3.64.